The summed E-state index contributed by atoms with van der Waals surface area (Å²) in [5, 5.41) is 4.25. The van der Waals surface area contributed by atoms with Crippen LogP contribution in [0.1, 0.15) is 64.3 Å². The van der Waals surface area contributed by atoms with Crippen LogP contribution in [0.25, 0.3) is 6.08 Å². The molecule has 2 unspecified atom stereocenters. The van der Waals surface area contributed by atoms with E-state index in [1.807, 2.05) is 11.0 Å². The number of thioether (sulfide) groups is 1. The summed E-state index contributed by atoms with van der Waals surface area (Å²) in [6, 6.07) is 7.48. The van der Waals surface area contributed by atoms with Gasteiger partial charge in [-0.2, -0.15) is 9.78 Å². The van der Waals surface area contributed by atoms with E-state index in [9.17, 15) is 18.8 Å². The van der Waals surface area contributed by atoms with E-state index in [1.165, 1.54) is 30.9 Å². The number of rotatable bonds is 6. The second-order valence-corrected chi connectivity index (χ2v) is 11.7. The number of Topliss-reactive ketones (excluding diaryl/α,β-unsaturated/α-hetero) is 1. The zero-order chi connectivity index (χ0) is 26.0. The third-order valence-corrected chi connectivity index (χ3v) is 7.28. The largest absolute Gasteiger partial charge is 0.442 e. The van der Waals surface area contributed by atoms with Crippen molar-refractivity contribution in [3.63, 3.8) is 0 Å². The molecule has 0 amide bonds. The van der Waals surface area contributed by atoms with Gasteiger partial charge in [0, 0.05) is 42.9 Å². The number of ether oxygens (including phenoxy) is 1. The van der Waals surface area contributed by atoms with Crippen LogP contribution in [-0.4, -0.2) is 55.6 Å². The van der Waals surface area contributed by atoms with Gasteiger partial charge in [0.1, 0.15) is 11.4 Å². The summed E-state index contributed by atoms with van der Waals surface area (Å²) >= 11 is 1.24. The van der Waals surface area contributed by atoms with Crippen molar-refractivity contribution in [3.05, 3.63) is 59.2 Å². The van der Waals surface area contributed by atoms with Gasteiger partial charge in [-0.25, -0.2) is 9.18 Å². The van der Waals surface area contributed by atoms with E-state index in [-0.39, 0.29) is 22.1 Å². The standard InChI is InChI=1S/C27H32FN3O4S/c1-17(32)36-23-12-13-30(24(25(33)18-9-10-18)21-7-5-6-8-22(21)28)16-19(23)15-20-11-14-31(29-20)26(34)35-27(2,3)4/h5-8,11,14-15,18,23-24H,9-10,12-13,16H2,1-4H3/b19-15-. The lowest BCUT2D eigenvalue weighted by Crippen LogP contribution is -2.43. The van der Waals surface area contributed by atoms with E-state index in [0.717, 1.165) is 23.1 Å². The lowest BCUT2D eigenvalue weighted by molar-refractivity contribution is -0.126. The van der Waals surface area contributed by atoms with Crippen LogP contribution in [0.2, 0.25) is 0 Å². The third-order valence-electron chi connectivity index (χ3n) is 6.12. The Morgan fingerprint density at radius 1 is 1.17 bits per heavy atom. The molecule has 1 aliphatic heterocycles. The number of carbonyl (C=O) groups excluding carboxylic acids is 3. The highest BCUT2D eigenvalue weighted by molar-refractivity contribution is 8.14. The van der Waals surface area contributed by atoms with Gasteiger partial charge < -0.3 is 4.74 Å². The second kappa shape index (κ2) is 10.7. The predicted octanol–water partition coefficient (Wildman–Crippen LogP) is 5.26. The quantitative estimate of drug-likeness (QED) is 0.521. The fourth-order valence-electron chi connectivity index (χ4n) is 4.41. The number of benzene rings is 1. The van der Waals surface area contributed by atoms with Crippen molar-refractivity contribution in [1.82, 2.24) is 14.7 Å². The maximum atomic E-state index is 14.8. The molecular weight excluding hydrogens is 481 g/mol. The van der Waals surface area contributed by atoms with Crippen molar-refractivity contribution in [2.24, 2.45) is 5.92 Å². The fraction of sp³-hybridized carbons (Fsp3) is 0.481. The van der Waals surface area contributed by atoms with Crippen LogP contribution in [0.15, 0.2) is 42.1 Å². The first kappa shape index (κ1) is 26.3. The van der Waals surface area contributed by atoms with Crippen LogP contribution in [-0.2, 0) is 14.3 Å². The third kappa shape index (κ3) is 6.50. The number of hydrogen-bond donors (Lipinski definition) is 0. The molecule has 9 heteroatoms. The lowest BCUT2D eigenvalue weighted by Gasteiger charge is -2.38. The summed E-state index contributed by atoms with van der Waals surface area (Å²) in [4.78, 5) is 39.7. The van der Waals surface area contributed by atoms with Crippen molar-refractivity contribution in [1.29, 1.82) is 0 Å². The molecule has 0 bridgehead atoms. The molecule has 0 spiro atoms. The van der Waals surface area contributed by atoms with Crippen molar-refractivity contribution in [2.75, 3.05) is 13.1 Å². The van der Waals surface area contributed by atoms with Crippen LogP contribution in [0.3, 0.4) is 0 Å². The van der Waals surface area contributed by atoms with Crippen molar-refractivity contribution in [2.45, 2.75) is 63.9 Å². The molecule has 192 valence electrons. The van der Waals surface area contributed by atoms with Gasteiger partial charge in [0.05, 0.1) is 11.7 Å². The lowest BCUT2D eigenvalue weighted by atomic mass is 9.93. The van der Waals surface area contributed by atoms with E-state index in [2.05, 4.69) is 5.10 Å². The van der Waals surface area contributed by atoms with Gasteiger partial charge in [-0.05, 0) is 63.8 Å². The number of halogens is 1. The zero-order valence-corrected chi connectivity index (χ0v) is 21.9. The number of carbonyl (C=O) groups is 3. The molecule has 2 fully saturated rings. The molecule has 2 heterocycles. The molecule has 1 aromatic carbocycles. The predicted molar refractivity (Wildman–Crippen MR) is 137 cm³/mol. The number of aromatic nitrogens is 2. The van der Waals surface area contributed by atoms with E-state index in [1.54, 1.807) is 45.0 Å². The molecule has 1 aliphatic carbocycles. The van der Waals surface area contributed by atoms with E-state index < -0.39 is 23.6 Å². The first-order chi connectivity index (χ1) is 17.0. The Hall–Kier alpha value is -2.78. The highest BCUT2D eigenvalue weighted by Gasteiger charge is 2.41. The Bertz CT molecular complexity index is 1180. The minimum absolute atomic E-state index is 0.00153. The van der Waals surface area contributed by atoms with Gasteiger partial charge in [-0.3, -0.25) is 14.5 Å². The first-order valence-electron chi connectivity index (χ1n) is 12.2. The summed E-state index contributed by atoms with van der Waals surface area (Å²) < 4.78 is 21.3. The van der Waals surface area contributed by atoms with Crippen LogP contribution < -0.4 is 0 Å². The van der Waals surface area contributed by atoms with E-state index in [4.69, 9.17) is 4.74 Å². The second-order valence-electron chi connectivity index (χ2n) is 10.3. The minimum Gasteiger partial charge on any atom is -0.442 e. The van der Waals surface area contributed by atoms with Gasteiger partial charge in [-0.1, -0.05) is 30.0 Å². The molecule has 1 aromatic heterocycles. The topological polar surface area (TPSA) is 81.5 Å². The highest BCUT2D eigenvalue weighted by Crippen LogP contribution is 2.40. The van der Waals surface area contributed by atoms with E-state index in [0.29, 0.717) is 30.8 Å². The van der Waals surface area contributed by atoms with Crippen LogP contribution >= 0.6 is 11.8 Å². The summed E-state index contributed by atoms with van der Waals surface area (Å²) in [5.41, 5.74) is 1.19. The maximum Gasteiger partial charge on any atom is 0.435 e. The minimum atomic E-state index is -0.676. The Morgan fingerprint density at radius 3 is 2.53 bits per heavy atom. The molecule has 4 rings (SSSR count). The normalized spacial score (nSPS) is 20.8. The SMILES string of the molecule is CC(=O)SC1CCN(C(C(=O)C2CC2)c2ccccc2F)C/C1=C/c1ccn(C(=O)OC(C)(C)C)n1. The van der Waals surface area contributed by atoms with E-state index >= 15 is 0 Å². The molecule has 36 heavy (non-hydrogen) atoms. The molecule has 2 aromatic rings. The van der Waals surface area contributed by atoms with Crippen molar-refractivity contribution in [3.8, 4) is 0 Å². The smallest absolute Gasteiger partial charge is 0.435 e. The molecule has 1 saturated heterocycles. The molecule has 1 saturated carbocycles. The number of piperidine rings is 1. The summed E-state index contributed by atoms with van der Waals surface area (Å²) in [7, 11) is 0. The van der Waals surface area contributed by atoms with Crippen LogP contribution in [0.5, 0.6) is 0 Å². The van der Waals surface area contributed by atoms with Gasteiger partial charge in [0.2, 0.25) is 0 Å². The average Bonchev–Trinajstić information content (AvgIpc) is 3.54. The molecular formula is C27H32FN3O4S. The van der Waals surface area contributed by atoms with Crippen LogP contribution in [0.4, 0.5) is 9.18 Å². The van der Waals surface area contributed by atoms with Gasteiger partial charge >= 0.3 is 6.09 Å². The number of nitrogens with zero attached hydrogens (tertiary/aromatic N) is 3. The Labute approximate surface area is 215 Å². The molecule has 0 radical (unpaired) electrons. The van der Waals surface area contributed by atoms with Gasteiger partial charge in [-0.15, -0.1) is 0 Å². The Balaban J connectivity index is 1.63. The van der Waals surface area contributed by atoms with Crippen molar-refractivity contribution >= 4 is 34.8 Å². The summed E-state index contributed by atoms with van der Waals surface area (Å²) in [5.74, 6) is -0.374. The van der Waals surface area contributed by atoms with Gasteiger partial charge in [0.15, 0.2) is 10.9 Å². The van der Waals surface area contributed by atoms with Crippen molar-refractivity contribution < 1.29 is 23.5 Å². The summed E-state index contributed by atoms with van der Waals surface area (Å²) in [6.07, 6.45) is 5.12. The Morgan fingerprint density at radius 2 is 1.89 bits per heavy atom. The average molecular weight is 514 g/mol. The number of likely N-dealkylation sites (tertiary alicyclic amines) is 1. The molecule has 2 aliphatic rings. The van der Waals surface area contributed by atoms with Crippen LogP contribution in [0, 0.1) is 11.7 Å². The monoisotopic (exact) mass is 513 g/mol. The fourth-order valence-corrected chi connectivity index (χ4v) is 5.33. The van der Waals surface area contributed by atoms with Gasteiger partial charge in [0.25, 0.3) is 0 Å². The number of ketones is 1. The molecule has 0 N–H and O–H groups in total. The molecule has 7 nitrogen and oxygen atoms in total. The number of hydrogen-bond acceptors (Lipinski definition) is 7. The highest BCUT2D eigenvalue weighted by atomic mass is 32.2. The Kier molecular flexibility index (Phi) is 7.80. The summed E-state index contributed by atoms with van der Waals surface area (Å²) in [6.45, 7) is 7.84. The maximum absolute atomic E-state index is 14.8. The first-order valence-corrected chi connectivity index (χ1v) is 13.1. The molecule has 2 atom stereocenters. The zero-order valence-electron chi connectivity index (χ0n) is 21.1.